The zero-order valence-electron chi connectivity index (χ0n) is 11.3. The average molecular weight is 269 g/mol. The molecule has 0 radical (unpaired) electrons. The number of aliphatic hydroxyl groups excluding tert-OH is 1. The number of rotatable bonds is 2. The molecule has 0 saturated heterocycles. The Hall–Kier alpha value is -2.58. The molecule has 0 aliphatic carbocycles. The molecule has 2 aromatic rings. The number of hydrogen-bond acceptors (Lipinski definition) is 3. The predicted octanol–water partition coefficient (Wildman–Crippen LogP) is 1.32. The van der Waals surface area contributed by atoms with Gasteiger partial charge in [-0.1, -0.05) is 17.9 Å². The molecule has 1 aromatic heterocycles. The number of carbonyl (C=O) groups is 1. The number of anilines is 1. The summed E-state index contributed by atoms with van der Waals surface area (Å²) in [5.74, 6) is 5.67. The number of hydrogen-bond donors (Lipinski definition) is 2. The van der Waals surface area contributed by atoms with Crippen molar-refractivity contribution in [1.82, 2.24) is 9.78 Å². The molecule has 1 aromatic carbocycles. The van der Waals surface area contributed by atoms with Gasteiger partial charge >= 0.3 is 0 Å². The number of aromatic nitrogens is 2. The molecular formula is C15H15N3O2. The van der Waals surface area contributed by atoms with Crippen LogP contribution in [0.5, 0.6) is 0 Å². The van der Waals surface area contributed by atoms with E-state index in [0.29, 0.717) is 11.4 Å². The lowest BCUT2D eigenvalue weighted by Gasteiger charge is -2.04. The molecule has 5 heteroatoms. The van der Waals surface area contributed by atoms with E-state index in [4.69, 9.17) is 5.11 Å². The SMILES string of the molecule is Cc1ccc(C(=O)Nc2ccn(C)n2)cc1C#CCO. The highest BCUT2D eigenvalue weighted by molar-refractivity contribution is 6.04. The summed E-state index contributed by atoms with van der Waals surface area (Å²) in [6, 6.07) is 6.99. The molecule has 0 bridgehead atoms. The second kappa shape index (κ2) is 6.04. The van der Waals surface area contributed by atoms with Crippen LogP contribution in [0.15, 0.2) is 30.5 Å². The van der Waals surface area contributed by atoms with Gasteiger partial charge in [-0.05, 0) is 24.6 Å². The Bertz CT molecular complexity index is 693. The van der Waals surface area contributed by atoms with Crippen LogP contribution in [0.1, 0.15) is 21.5 Å². The number of benzene rings is 1. The number of aliphatic hydroxyl groups is 1. The Morgan fingerprint density at radius 3 is 2.90 bits per heavy atom. The Morgan fingerprint density at radius 1 is 1.45 bits per heavy atom. The number of aryl methyl sites for hydroxylation is 2. The molecule has 2 N–H and O–H groups in total. The van der Waals surface area contributed by atoms with Crippen LogP contribution in [0, 0.1) is 18.8 Å². The molecule has 20 heavy (non-hydrogen) atoms. The average Bonchev–Trinajstić information content (AvgIpc) is 2.83. The quantitative estimate of drug-likeness (QED) is 0.808. The van der Waals surface area contributed by atoms with E-state index < -0.39 is 0 Å². The highest BCUT2D eigenvalue weighted by Crippen LogP contribution is 2.12. The molecule has 1 heterocycles. The van der Waals surface area contributed by atoms with Crippen LogP contribution in [0.4, 0.5) is 5.82 Å². The van der Waals surface area contributed by atoms with E-state index in [9.17, 15) is 4.79 Å². The predicted molar refractivity (Wildman–Crippen MR) is 76.3 cm³/mol. The van der Waals surface area contributed by atoms with Crippen molar-refractivity contribution in [2.75, 3.05) is 11.9 Å². The summed E-state index contributed by atoms with van der Waals surface area (Å²) in [6.45, 7) is 1.70. The van der Waals surface area contributed by atoms with Crippen LogP contribution in [0.25, 0.3) is 0 Å². The lowest BCUT2D eigenvalue weighted by atomic mass is 10.0. The van der Waals surface area contributed by atoms with Gasteiger partial charge in [0.25, 0.3) is 5.91 Å². The Morgan fingerprint density at radius 2 is 2.25 bits per heavy atom. The topological polar surface area (TPSA) is 67.2 Å². The highest BCUT2D eigenvalue weighted by Gasteiger charge is 2.09. The summed E-state index contributed by atoms with van der Waals surface area (Å²) in [7, 11) is 1.78. The van der Waals surface area contributed by atoms with Crippen LogP contribution in [0.2, 0.25) is 0 Å². The summed E-state index contributed by atoms with van der Waals surface area (Å²) in [5.41, 5.74) is 2.19. The minimum atomic E-state index is -0.240. The van der Waals surface area contributed by atoms with Gasteiger partial charge < -0.3 is 10.4 Å². The van der Waals surface area contributed by atoms with Gasteiger partial charge in [-0.3, -0.25) is 9.48 Å². The van der Waals surface area contributed by atoms with Crippen molar-refractivity contribution in [2.45, 2.75) is 6.92 Å². The summed E-state index contributed by atoms with van der Waals surface area (Å²) in [6.07, 6.45) is 1.75. The molecule has 0 fully saturated rings. The van der Waals surface area contributed by atoms with E-state index >= 15 is 0 Å². The number of nitrogens with one attached hydrogen (secondary N) is 1. The Balaban J connectivity index is 2.22. The molecule has 0 unspecified atom stereocenters. The van der Waals surface area contributed by atoms with Crippen LogP contribution >= 0.6 is 0 Å². The van der Waals surface area contributed by atoms with E-state index in [1.807, 2.05) is 13.0 Å². The first-order valence-corrected chi connectivity index (χ1v) is 6.11. The number of carbonyl (C=O) groups excluding carboxylic acids is 1. The van der Waals surface area contributed by atoms with Gasteiger partial charge in [0.05, 0.1) is 0 Å². The van der Waals surface area contributed by atoms with Crippen molar-refractivity contribution >= 4 is 11.7 Å². The molecule has 0 spiro atoms. The van der Waals surface area contributed by atoms with Crippen LogP contribution in [0.3, 0.4) is 0 Å². The third kappa shape index (κ3) is 3.25. The number of nitrogens with zero attached hydrogens (tertiary/aromatic N) is 2. The number of amides is 1. The normalized spacial score (nSPS) is 9.75. The standard InChI is InChI=1S/C15H15N3O2/c1-11-5-6-13(10-12(11)4-3-9-19)15(20)16-14-7-8-18(2)17-14/h5-8,10,19H,9H2,1-2H3,(H,16,17,20). The van der Waals surface area contributed by atoms with E-state index in [2.05, 4.69) is 22.3 Å². The van der Waals surface area contributed by atoms with Crippen LogP contribution in [-0.4, -0.2) is 27.4 Å². The molecule has 0 aliphatic heterocycles. The molecule has 0 atom stereocenters. The van der Waals surface area contributed by atoms with Gasteiger partial charge in [-0.25, -0.2) is 0 Å². The van der Waals surface area contributed by atoms with Crippen molar-refractivity contribution in [3.05, 3.63) is 47.2 Å². The fraction of sp³-hybridized carbons (Fsp3) is 0.200. The molecule has 0 saturated carbocycles. The fourth-order valence-electron chi connectivity index (χ4n) is 1.70. The van der Waals surface area contributed by atoms with Crippen molar-refractivity contribution in [2.24, 2.45) is 7.05 Å². The second-order valence-electron chi connectivity index (χ2n) is 4.32. The molecule has 2 rings (SSSR count). The third-order valence-electron chi connectivity index (χ3n) is 2.76. The Kier molecular flexibility index (Phi) is 4.18. The summed E-state index contributed by atoms with van der Waals surface area (Å²) in [5, 5.41) is 15.5. The van der Waals surface area contributed by atoms with Gasteiger partial charge in [-0.2, -0.15) is 5.10 Å². The third-order valence-corrected chi connectivity index (χ3v) is 2.76. The highest BCUT2D eigenvalue weighted by atomic mass is 16.2. The zero-order chi connectivity index (χ0) is 14.5. The monoisotopic (exact) mass is 269 g/mol. The molecule has 0 aliphatic rings. The first-order chi connectivity index (χ1) is 9.60. The summed E-state index contributed by atoms with van der Waals surface area (Å²) < 4.78 is 1.61. The lowest BCUT2D eigenvalue weighted by Crippen LogP contribution is -2.13. The van der Waals surface area contributed by atoms with Crippen molar-refractivity contribution in [3.63, 3.8) is 0 Å². The second-order valence-corrected chi connectivity index (χ2v) is 4.32. The fourth-order valence-corrected chi connectivity index (χ4v) is 1.70. The first-order valence-electron chi connectivity index (χ1n) is 6.11. The summed E-state index contributed by atoms with van der Waals surface area (Å²) >= 11 is 0. The maximum Gasteiger partial charge on any atom is 0.256 e. The van der Waals surface area contributed by atoms with Gasteiger partial charge in [0.2, 0.25) is 0 Å². The van der Waals surface area contributed by atoms with Gasteiger partial charge in [0, 0.05) is 30.4 Å². The van der Waals surface area contributed by atoms with E-state index in [1.165, 1.54) is 0 Å². The van der Waals surface area contributed by atoms with E-state index in [-0.39, 0.29) is 12.5 Å². The zero-order valence-corrected chi connectivity index (χ0v) is 11.3. The van der Waals surface area contributed by atoms with Crippen molar-refractivity contribution in [3.8, 4) is 11.8 Å². The van der Waals surface area contributed by atoms with E-state index in [1.54, 1.807) is 36.1 Å². The largest absolute Gasteiger partial charge is 0.384 e. The summed E-state index contributed by atoms with van der Waals surface area (Å²) in [4.78, 5) is 12.1. The minimum absolute atomic E-state index is 0.205. The van der Waals surface area contributed by atoms with Gasteiger partial charge in [-0.15, -0.1) is 0 Å². The molecule has 102 valence electrons. The minimum Gasteiger partial charge on any atom is -0.384 e. The lowest BCUT2D eigenvalue weighted by molar-refractivity contribution is 0.102. The molecule has 1 amide bonds. The maximum absolute atomic E-state index is 12.1. The molecule has 5 nitrogen and oxygen atoms in total. The van der Waals surface area contributed by atoms with E-state index in [0.717, 1.165) is 11.1 Å². The smallest absolute Gasteiger partial charge is 0.256 e. The van der Waals surface area contributed by atoms with Crippen LogP contribution < -0.4 is 5.32 Å². The van der Waals surface area contributed by atoms with Gasteiger partial charge in [0.1, 0.15) is 6.61 Å². The Labute approximate surface area is 117 Å². The van der Waals surface area contributed by atoms with Crippen LogP contribution in [-0.2, 0) is 7.05 Å². The van der Waals surface area contributed by atoms with Crippen molar-refractivity contribution in [1.29, 1.82) is 0 Å². The van der Waals surface area contributed by atoms with Gasteiger partial charge in [0.15, 0.2) is 5.82 Å². The van der Waals surface area contributed by atoms with Crippen molar-refractivity contribution < 1.29 is 9.90 Å². The maximum atomic E-state index is 12.1. The molecular weight excluding hydrogens is 254 g/mol. The first kappa shape index (κ1) is 13.8.